The van der Waals surface area contributed by atoms with Crippen LogP contribution in [0.25, 0.3) is 0 Å². The summed E-state index contributed by atoms with van der Waals surface area (Å²) in [7, 11) is -1.43. The highest BCUT2D eigenvalue weighted by Crippen LogP contribution is 2.26. The number of sulfonamides is 1. The molecular formula is C16H27ClN2O2S. The molecule has 0 saturated carbocycles. The molecule has 22 heavy (non-hydrogen) atoms. The third kappa shape index (κ3) is 4.22. The van der Waals surface area contributed by atoms with Gasteiger partial charge in [-0.15, -0.1) is 12.4 Å². The Hall–Kier alpha value is -0.620. The Bertz CT molecular complexity index is 560. The molecule has 0 amide bonds. The molecule has 1 aliphatic heterocycles. The van der Waals surface area contributed by atoms with Crippen molar-refractivity contribution in [3.63, 3.8) is 0 Å². The van der Waals surface area contributed by atoms with Gasteiger partial charge in [0.1, 0.15) is 0 Å². The van der Waals surface area contributed by atoms with Crippen molar-refractivity contribution in [3.05, 3.63) is 29.8 Å². The van der Waals surface area contributed by atoms with Crippen molar-refractivity contribution in [2.45, 2.75) is 37.5 Å². The van der Waals surface area contributed by atoms with Crippen LogP contribution in [0.1, 0.15) is 38.2 Å². The first kappa shape index (κ1) is 19.4. The van der Waals surface area contributed by atoms with Gasteiger partial charge in [-0.3, -0.25) is 0 Å². The number of hydrogen-bond donors (Lipinski definition) is 1. The molecule has 2 rings (SSSR count). The highest BCUT2D eigenvalue weighted by atomic mass is 35.5. The first-order chi connectivity index (χ1) is 9.98. The van der Waals surface area contributed by atoms with Crippen LogP contribution >= 0.6 is 12.4 Å². The van der Waals surface area contributed by atoms with Crippen LogP contribution in [0.2, 0.25) is 0 Å². The van der Waals surface area contributed by atoms with Gasteiger partial charge in [0, 0.05) is 13.1 Å². The standard InChI is InChI=1S/C16H26N2O2S.ClH/c1-4-13(2)15-5-7-16(8-6-15)21(19,20)18-10-9-14(12-18)11-17-3;/h5-8,13-14,17H,4,9-12H2,1-3H3;1H. The fourth-order valence-electron chi connectivity index (χ4n) is 2.82. The molecule has 1 heterocycles. The van der Waals surface area contributed by atoms with Gasteiger partial charge < -0.3 is 5.32 Å². The van der Waals surface area contributed by atoms with Gasteiger partial charge in [0.2, 0.25) is 10.0 Å². The van der Waals surface area contributed by atoms with E-state index in [1.165, 1.54) is 5.56 Å². The number of hydrogen-bond acceptors (Lipinski definition) is 3. The maximum absolute atomic E-state index is 12.6. The molecular weight excluding hydrogens is 320 g/mol. The molecule has 0 aromatic heterocycles. The maximum Gasteiger partial charge on any atom is 0.243 e. The number of nitrogens with zero attached hydrogens (tertiary/aromatic N) is 1. The average molecular weight is 347 g/mol. The summed E-state index contributed by atoms with van der Waals surface area (Å²) in [6.07, 6.45) is 1.99. The molecule has 0 radical (unpaired) electrons. The van der Waals surface area contributed by atoms with E-state index in [0.29, 0.717) is 29.8 Å². The van der Waals surface area contributed by atoms with Gasteiger partial charge in [0.15, 0.2) is 0 Å². The minimum absolute atomic E-state index is 0. The van der Waals surface area contributed by atoms with Crippen molar-refractivity contribution in [1.82, 2.24) is 9.62 Å². The van der Waals surface area contributed by atoms with E-state index >= 15 is 0 Å². The van der Waals surface area contributed by atoms with Crippen LogP contribution in [0.5, 0.6) is 0 Å². The van der Waals surface area contributed by atoms with E-state index in [-0.39, 0.29) is 12.4 Å². The summed E-state index contributed by atoms with van der Waals surface area (Å²) in [6, 6.07) is 7.40. The van der Waals surface area contributed by atoms with E-state index in [0.717, 1.165) is 19.4 Å². The Morgan fingerprint density at radius 3 is 2.50 bits per heavy atom. The number of rotatable bonds is 6. The Kier molecular flexibility index (Phi) is 7.32. The number of halogens is 1. The number of benzene rings is 1. The molecule has 0 bridgehead atoms. The summed E-state index contributed by atoms with van der Waals surface area (Å²) in [6.45, 7) is 6.42. The molecule has 4 nitrogen and oxygen atoms in total. The second kappa shape index (κ2) is 8.29. The Balaban J connectivity index is 0.00000242. The maximum atomic E-state index is 12.6. The molecule has 126 valence electrons. The van der Waals surface area contributed by atoms with Crippen LogP contribution in [0.15, 0.2) is 29.2 Å². The summed E-state index contributed by atoms with van der Waals surface area (Å²) in [5.74, 6) is 0.887. The molecule has 1 N–H and O–H groups in total. The molecule has 1 aliphatic rings. The molecule has 0 aliphatic carbocycles. The van der Waals surface area contributed by atoms with E-state index in [9.17, 15) is 8.42 Å². The molecule has 1 aromatic rings. The summed E-state index contributed by atoms with van der Waals surface area (Å²) < 4.78 is 26.9. The summed E-state index contributed by atoms with van der Waals surface area (Å²) in [5.41, 5.74) is 1.20. The smallest absolute Gasteiger partial charge is 0.243 e. The van der Waals surface area contributed by atoms with E-state index in [4.69, 9.17) is 0 Å². The average Bonchev–Trinajstić information content (AvgIpc) is 2.96. The van der Waals surface area contributed by atoms with Crippen molar-refractivity contribution in [2.75, 3.05) is 26.7 Å². The molecule has 2 atom stereocenters. The molecule has 0 spiro atoms. The monoisotopic (exact) mass is 346 g/mol. The molecule has 6 heteroatoms. The second-order valence-electron chi connectivity index (χ2n) is 5.95. The lowest BCUT2D eigenvalue weighted by atomic mass is 9.99. The minimum Gasteiger partial charge on any atom is -0.319 e. The van der Waals surface area contributed by atoms with Crippen molar-refractivity contribution in [3.8, 4) is 0 Å². The lowest BCUT2D eigenvalue weighted by Crippen LogP contribution is -2.30. The zero-order chi connectivity index (χ0) is 15.5. The van der Waals surface area contributed by atoms with Crippen LogP contribution < -0.4 is 5.32 Å². The normalized spacial score (nSPS) is 20.6. The summed E-state index contributed by atoms with van der Waals surface area (Å²) in [4.78, 5) is 0.416. The van der Waals surface area contributed by atoms with Crippen LogP contribution in [-0.4, -0.2) is 39.4 Å². The van der Waals surface area contributed by atoms with Crippen molar-refractivity contribution >= 4 is 22.4 Å². The van der Waals surface area contributed by atoms with Crippen molar-refractivity contribution < 1.29 is 8.42 Å². The first-order valence-corrected chi connectivity index (χ1v) is 9.17. The van der Waals surface area contributed by atoms with Gasteiger partial charge in [0.05, 0.1) is 4.90 Å². The zero-order valence-corrected chi connectivity index (χ0v) is 15.2. The quantitative estimate of drug-likeness (QED) is 0.861. The lowest BCUT2D eigenvalue weighted by molar-refractivity contribution is 0.451. The van der Waals surface area contributed by atoms with E-state index < -0.39 is 10.0 Å². The van der Waals surface area contributed by atoms with Crippen LogP contribution in [0, 0.1) is 5.92 Å². The van der Waals surface area contributed by atoms with Crippen molar-refractivity contribution in [1.29, 1.82) is 0 Å². The van der Waals surface area contributed by atoms with E-state index in [1.54, 1.807) is 16.4 Å². The lowest BCUT2D eigenvalue weighted by Gasteiger charge is -2.17. The molecule has 1 saturated heterocycles. The van der Waals surface area contributed by atoms with Gasteiger partial charge in [-0.05, 0) is 56.0 Å². The van der Waals surface area contributed by atoms with Gasteiger partial charge in [0.25, 0.3) is 0 Å². The van der Waals surface area contributed by atoms with Gasteiger partial charge >= 0.3 is 0 Å². The fourth-order valence-corrected chi connectivity index (χ4v) is 4.35. The first-order valence-electron chi connectivity index (χ1n) is 7.73. The van der Waals surface area contributed by atoms with Gasteiger partial charge in [-0.1, -0.05) is 26.0 Å². The van der Waals surface area contributed by atoms with Gasteiger partial charge in [-0.2, -0.15) is 4.31 Å². The van der Waals surface area contributed by atoms with E-state index in [1.807, 2.05) is 19.2 Å². The Morgan fingerprint density at radius 1 is 1.32 bits per heavy atom. The predicted octanol–water partition coefficient (Wildman–Crippen LogP) is 2.85. The SMILES string of the molecule is CCC(C)c1ccc(S(=O)(=O)N2CCC(CNC)C2)cc1.Cl. The predicted molar refractivity (Wildman–Crippen MR) is 93.2 cm³/mol. The largest absolute Gasteiger partial charge is 0.319 e. The third-order valence-corrected chi connectivity index (χ3v) is 6.32. The third-order valence-electron chi connectivity index (χ3n) is 4.44. The Morgan fingerprint density at radius 2 is 1.95 bits per heavy atom. The highest BCUT2D eigenvalue weighted by molar-refractivity contribution is 7.89. The summed E-state index contributed by atoms with van der Waals surface area (Å²) >= 11 is 0. The number of nitrogens with one attached hydrogen (secondary N) is 1. The van der Waals surface area contributed by atoms with Crippen LogP contribution in [-0.2, 0) is 10.0 Å². The summed E-state index contributed by atoms with van der Waals surface area (Å²) in [5, 5.41) is 3.13. The van der Waals surface area contributed by atoms with Crippen LogP contribution in [0.4, 0.5) is 0 Å². The molecule has 1 fully saturated rings. The minimum atomic E-state index is -3.33. The van der Waals surface area contributed by atoms with Gasteiger partial charge in [-0.25, -0.2) is 8.42 Å². The molecule has 2 unspecified atom stereocenters. The Labute approximate surface area is 140 Å². The fraction of sp³-hybridized carbons (Fsp3) is 0.625. The van der Waals surface area contributed by atoms with Crippen molar-refractivity contribution in [2.24, 2.45) is 5.92 Å². The highest BCUT2D eigenvalue weighted by Gasteiger charge is 2.32. The topological polar surface area (TPSA) is 49.4 Å². The van der Waals surface area contributed by atoms with Crippen LogP contribution in [0.3, 0.4) is 0 Å². The van der Waals surface area contributed by atoms with E-state index in [2.05, 4.69) is 19.2 Å². The molecule has 1 aromatic carbocycles. The second-order valence-corrected chi connectivity index (χ2v) is 7.89. The zero-order valence-electron chi connectivity index (χ0n) is 13.6.